The van der Waals surface area contributed by atoms with Gasteiger partial charge in [0.05, 0.1) is 5.54 Å². The summed E-state index contributed by atoms with van der Waals surface area (Å²) in [5.74, 6) is 1.96. The van der Waals surface area contributed by atoms with Crippen LogP contribution in [0.4, 0.5) is 5.82 Å². The highest BCUT2D eigenvalue weighted by atomic mass is 15.3. The maximum Gasteiger partial charge on any atom is 0.132 e. The molecule has 1 fully saturated rings. The van der Waals surface area contributed by atoms with Gasteiger partial charge in [0, 0.05) is 31.3 Å². The summed E-state index contributed by atoms with van der Waals surface area (Å²) in [7, 11) is 0. The Hall–Kier alpha value is -1.16. The van der Waals surface area contributed by atoms with Crippen LogP contribution in [0.15, 0.2) is 6.07 Å². The third-order valence-corrected chi connectivity index (χ3v) is 3.29. The lowest BCUT2D eigenvalue weighted by atomic mass is 9.86. The summed E-state index contributed by atoms with van der Waals surface area (Å²) in [6.07, 6.45) is 3.12. The van der Waals surface area contributed by atoms with Gasteiger partial charge >= 0.3 is 0 Å². The first kappa shape index (κ1) is 12.3. The maximum atomic E-state index is 6.26. The minimum Gasteiger partial charge on any atom is -0.353 e. The van der Waals surface area contributed by atoms with Gasteiger partial charge in [0.15, 0.2) is 0 Å². The lowest BCUT2D eigenvalue weighted by Gasteiger charge is -2.48. The van der Waals surface area contributed by atoms with Gasteiger partial charge in [-0.1, -0.05) is 20.3 Å². The van der Waals surface area contributed by atoms with Crippen molar-refractivity contribution in [2.75, 3.05) is 18.0 Å². The van der Waals surface area contributed by atoms with Crippen LogP contribution in [0.1, 0.15) is 38.2 Å². The Kier molecular flexibility index (Phi) is 3.33. The van der Waals surface area contributed by atoms with E-state index in [4.69, 9.17) is 5.73 Å². The van der Waals surface area contributed by atoms with Crippen molar-refractivity contribution in [2.45, 2.75) is 45.6 Å². The Morgan fingerprint density at radius 1 is 1.35 bits per heavy atom. The lowest BCUT2D eigenvalue weighted by Crippen LogP contribution is -2.67. The predicted octanol–water partition coefficient (Wildman–Crippen LogP) is 1.67. The number of hydrogen-bond acceptors (Lipinski definition) is 4. The van der Waals surface area contributed by atoms with Gasteiger partial charge < -0.3 is 10.6 Å². The second kappa shape index (κ2) is 4.61. The van der Waals surface area contributed by atoms with Crippen LogP contribution in [0.3, 0.4) is 0 Å². The monoisotopic (exact) mass is 234 g/mol. The molecule has 0 unspecified atom stereocenters. The fourth-order valence-corrected chi connectivity index (χ4v) is 2.46. The Bertz CT molecular complexity index is 396. The summed E-state index contributed by atoms with van der Waals surface area (Å²) in [5.41, 5.74) is 7.30. The van der Waals surface area contributed by atoms with Crippen molar-refractivity contribution in [3.05, 3.63) is 17.6 Å². The largest absolute Gasteiger partial charge is 0.353 e. The molecule has 2 N–H and O–H groups in total. The molecule has 1 aromatic rings. The zero-order valence-corrected chi connectivity index (χ0v) is 11.0. The SMILES string of the molecule is CCCC1(N)CN(c2cc(C)nc(CC)n2)C1. The predicted molar refractivity (Wildman–Crippen MR) is 70.2 cm³/mol. The molecule has 1 saturated heterocycles. The smallest absolute Gasteiger partial charge is 0.132 e. The van der Waals surface area contributed by atoms with Gasteiger partial charge in [-0.05, 0) is 13.3 Å². The molecule has 1 aliphatic rings. The summed E-state index contributed by atoms with van der Waals surface area (Å²) in [5, 5.41) is 0. The molecule has 0 radical (unpaired) electrons. The van der Waals surface area contributed by atoms with Gasteiger partial charge in [0.2, 0.25) is 0 Å². The van der Waals surface area contributed by atoms with Crippen molar-refractivity contribution in [3.63, 3.8) is 0 Å². The van der Waals surface area contributed by atoms with Gasteiger partial charge in [-0.3, -0.25) is 0 Å². The van der Waals surface area contributed by atoms with Crippen LogP contribution in [0, 0.1) is 6.92 Å². The number of aryl methyl sites for hydroxylation is 2. The van der Waals surface area contributed by atoms with Crippen LogP contribution in [0.5, 0.6) is 0 Å². The highest BCUT2D eigenvalue weighted by Gasteiger charge is 2.39. The van der Waals surface area contributed by atoms with E-state index in [0.717, 1.165) is 49.7 Å². The maximum absolute atomic E-state index is 6.26. The van der Waals surface area contributed by atoms with Crippen LogP contribution in [-0.2, 0) is 6.42 Å². The van der Waals surface area contributed by atoms with E-state index < -0.39 is 0 Å². The highest BCUT2D eigenvalue weighted by Crippen LogP contribution is 2.28. The van der Waals surface area contributed by atoms with Crippen LogP contribution in [0.25, 0.3) is 0 Å². The van der Waals surface area contributed by atoms with Gasteiger partial charge in [-0.15, -0.1) is 0 Å². The topological polar surface area (TPSA) is 55.0 Å². The molecule has 0 spiro atoms. The minimum absolute atomic E-state index is 0.0000171. The summed E-state index contributed by atoms with van der Waals surface area (Å²) in [6, 6.07) is 2.05. The van der Waals surface area contributed by atoms with Gasteiger partial charge in [-0.25, -0.2) is 9.97 Å². The van der Waals surface area contributed by atoms with Crippen LogP contribution in [-0.4, -0.2) is 28.6 Å². The second-order valence-corrected chi connectivity index (χ2v) is 5.11. The van der Waals surface area contributed by atoms with Gasteiger partial charge in [-0.2, -0.15) is 0 Å². The third-order valence-electron chi connectivity index (χ3n) is 3.29. The molecule has 0 saturated carbocycles. The molecule has 4 nitrogen and oxygen atoms in total. The number of aromatic nitrogens is 2. The molecule has 1 aliphatic heterocycles. The zero-order chi connectivity index (χ0) is 12.5. The van der Waals surface area contributed by atoms with E-state index in [1.807, 2.05) is 13.0 Å². The molecular weight excluding hydrogens is 212 g/mol. The molecule has 0 amide bonds. The highest BCUT2D eigenvalue weighted by molar-refractivity contribution is 5.45. The van der Waals surface area contributed by atoms with Crippen molar-refractivity contribution in [3.8, 4) is 0 Å². The van der Waals surface area contributed by atoms with Crippen LogP contribution < -0.4 is 10.6 Å². The molecule has 4 heteroatoms. The van der Waals surface area contributed by atoms with Crippen molar-refractivity contribution in [1.82, 2.24) is 9.97 Å². The minimum atomic E-state index is -0.0000171. The standard InChI is InChI=1S/C13H22N4/c1-4-6-13(14)8-17(9-13)12-7-10(3)15-11(5-2)16-12/h7H,4-6,8-9,14H2,1-3H3. The molecule has 0 aliphatic carbocycles. The Morgan fingerprint density at radius 3 is 2.65 bits per heavy atom. The Morgan fingerprint density at radius 2 is 2.06 bits per heavy atom. The first-order valence-corrected chi connectivity index (χ1v) is 6.44. The quantitative estimate of drug-likeness (QED) is 0.861. The summed E-state index contributed by atoms with van der Waals surface area (Å²) in [4.78, 5) is 11.2. The van der Waals surface area contributed by atoms with E-state index in [-0.39, 0.29) is 5.54 Å². The number of nitrogens with zero attached hydrogens (tertiary/aromatic N) is 3. The van der Waals surface area contributed by atoms with E-state index in [2.05, 4.69) is 28.7 Å². The number of hydrogen-bond donors (Lipinski definition) is 1. The van der Waals surface area contributed by atoms with Crippen molar-refractivity contribution >= 4 is 5.82 Å². The first-order valence-electron chi connectivity index (χ1n) is 6.44. The average molecular weight is 234 g/mol. The molecule has 2 heterocycles. The molecular formula is C13H22N4. The molecule has 0 atom stereocenters. The Balaban J connectivity index is 2.08. The second-order valence-electron chi connectivity index (χ2n) is 5.11. The molecule has 0 aromatic carbocycles. The van der Waals surface area contributed by atoms with E-state index in [1.54, 1.807) is 0 Å². The van der Waals surface area contributed by atoms with Crippen molar-refractivity contribution in [1.29, 1.82) is 0 Å². The van der Waals surface area contributed by atoms with Gasteiger partial charge in [0.1, 0.15) is 11.6 Å². The number of anilines is 1. The number of nitrogens with two attached hydrogens (primary N) is 1. The average Bonchev–Trinajstić information content (AvgIpc) is 2.25. The lowest BCUT2D eigenvalue weighted by molar-refractivity contribution is 0.305. The van der Waals surface area contributed by atoms with E-state index in [9.17, 15) is 0 Å². The van der Waals surface area contributed by atoms with E-state index in [0.29, 0.717) is 0 Å². The molecule has 17 heavy (non-hydrogen) atoms. The normalized spacial score (nSPS) is 18.0. The Labute approximate surface area is 103 Å². The van der Waals surface area contributed by atoms with Crippen molar-refractivity contribution in [2.24, 2.45) is 5.73 Å². The van der Waals surface area contributed by atoms with Crippen LogP contribution >= 0.6 is 0 Å². The molecule has 2 rings (SSSR count). The fourth-order valence-electron chi connectivity index (χ4n) is 2.46. The van der Waals surface area contributed by atoms with Crippen molar-refractivity contribution < 1.29 is 0 Å². The summed E-state index contributed by atoms with van der Waals surface area (Å²) in [6.45, 7) is 8.12. The summed E-state index contributed by atoms with van der Waals surface area (Å²) < 4.78 is 0. The van der Waals surface area contributed by atoms with E-state index in [1.165, 1.54) is 0 Å². The van der Waals surface area contributed by atoms with Gasteiger partial charge in [0.25, 0.3) is 0 Å². The van der Waals surface area contributed by atoms with Crippen LogP contribution in [0.2, 0.25) is 0 Å². The molecule has 94 valence electrons. The first-order chi connectivity index (χ1) is 8.06. The summed E-state index contributed by atoms with van der Waals surface area (Å²) >= 11 is 0. The van der Waals surface area contributed by atoms with E-state index >= 15 is 0 Å². The third kappa shape index (κ3) is 2.57. The molecule has 0 bridgehead atoms. The fraction of sp³-hybridized carbons (Fsp3) is 0.692. The number of rotatable bonds is 4. The zero-order valence-electron chi connectivity index (χ0n) is 11.0. The molecule has 1 aromatic heterocycles.